The maximum atomic E-state index is 12.1. The van der Waals surface area contributed by atoms with Crippen LogP contribution in [0.4, 0.5) is 13.2 Å². The first-order chi connectivity index (χ1) is 8.98. The van der Waals surface area contributed by atoms with Crippen molar-refractivity contribution in [3.63, 3.8) is 0 Å². The molecule has 1 aromatic carbocycles. The van der Waals surface area contributed by atoms with Crippen molar-refractivity contribution in [3.8, 4) is 17.0 Å². The lowest BCUT2D eigenvalue weighted by Gasteiger charge is -2.09. The number of halogens is 3. The lowest BCUT2D eigenvalue weighted by Crippen LogP contribution is -2.17. The molecule has 2 rings (SSSR count). The minimum absolute atomic E-state index is 0.314. The van der Waals surface area contributed by atoms with Gasteiger partial charge < -0.3 is 4.74 Å². The number of rotatable bonds is 3. The second-order valence-corrected chi connectivity index (χ2v) is 3.67. The average molecular weight is 267 g/mol. The van der Waals surface area contributed by atoms with Crippen LogP contribution in [0.25, 0.3) is 11.3 Å². The molecule has 1 heterocycles. The van der Waals surface area contributed by atoms with Gasteiger partial charge in [0.2, 0.25) is 0 Å². The summed E-state index contributed by atoms with van der Waals surface area (Å²) in [5, 5.41) is 0. The molecule has 0 N–H and O–H groups in total. The van der Waals surface area contributed by atoms with Crippen LogP contribution in [-0.2, 0) is 0 Å². The van der Waals surface area contributed by atoms with Gasteiger partial charge in [0, 0.05) is 17.3 Å². The second kappa shape index (κ2) is 5.09. The van der Waals surface area contributed by atoms with E-state index in [-0.39, 0.29) is 5.75 Å². The largest absolute Gasteiger partial charge is 0.573 e. The first-order valence-electron chi connectivity index (χ1n) is 5.25. The molecule has 0 radical (unpaired) electrons. The molecular formula is C13H8F3NO2. The monoisotopic (exact) mass is 267 g/mol. The number of pyridine rings is 1. The lowest BCUT2D eigenvalue weighted by molar-refractivity contribution is -0.274. The fourth-order valence-corrected chi connectivity index (χ4v) is 1.50. The molecule has 0 saturated heterocycles. The molecule has 19 heavy (non-hydrogen) atoms. The quantitative estimate of drug-likeness (QED) is 0.799. The molecule has 0 spiro atoms. The maximum absolute atomic E-state index is 12.1. The molecule has 3 nitrogen and oxygen atoms in total. The Labute approximate surface area is 106 Å². The van der Waals surface area contributed by atoms with Crippen molar-refractivity contribution in [2.45, 2.75) is 6.36 Å². The molecule has 0 fully saturated rings. The van der Waals surface area contributed by atoms with Crippen molar-refractivity contribution in [1.82, 2.24) is 4.98 Å². The molecule has 0 aliphatic rings. The number of nitrogens with zero attached hydrogens (tertiary/aromatic N) is 1. The van der Waals surface area contributed by atoms with Crippen molar-refractivity contribution in [2.24, 2.45) is 0 Å². The minimum Gasteiger partial charge on any atom is -0.406 e. The van der Waals surface area contributed by atoms with E-state index in [2.05, 4.69) is 9.72 Å². The van der Waals surface area contributed by atoms with Crippen LogP contribution in [0.1, 0.15) is 10.4 Å². The van der Waals surface area contributed by atoms with Gasteiger partial charge in [0.1, 0.15) is 5.75 Å². The highest BCUT2D eigenvalue weighted by atomic mass is 19.4. The fraction of sp³-hybridized carbons (Fsp3) is 0.0769. The summed E-state index contributed by atoms with van der Waals surface area (Å²) in [6, 6.07) is 8.56. The van der Waals surface area contributed by atoms with Crippen LogP contribution < -0.4 is 4.74 Å². The van der Waals surface area contributed by atoms with E-state index in [1.807, 2.05) is 0 Å². The first-order valence-corrected chi connectivity index (χ1v) is 5.25. The predicted molar refractivity (Wildman–Crippen MR) is 61.7 cm³/mol. The highest BCUT2D eigenvalue weighted by Crippen LogP contribution is 2.26. The Kier molecular flexibility index (Phi) is 3.50. The summed E-state index contributed by atoms with van der Waals surface area (Å²) in [5.74, 6) is -0.314. The van der Waals surface area contributed by atoms with E-state index < -0.39 is 6.36 Å². The zero-order valence-corrected chi connectivity index (χ0v) is 9.52. The third-order valence-corrected chi connectivity index (χ3v) is 2.29. The zero-order valence-electron chi connectivity index (χ0n) is 9.52. The van der Waals surface area contributed by atoms with Crippen molar-refractivity contribution in [1.29, 1.82) is 0 Å². The number of hydrogen-bond donors (Lipinski definition) is 0. The van der Waals surface area contributed by atoms with Gasteiger partial charge in [-0.05, 0) is 24.3 Å². The molecule has 2 aromatic rings. The number of alkyl halides is 3. The molecule has 0 saturated carbocycles. The van der Waals surface area contributed by atoms with E-state index in [1.165, 1.54) is 30.5 Å². The van der Waals surface area contributed by atoms with Crippen LogP contribution in [0.2, 0.25) is 0 Å². The van der Waals surface area contributed by atoms with E-state index in [9.17, 15) is 18.0 Å². The highest BCUT2D eigenvalue weighted by Gasteiger charge is 2.31. The SMILES string of the molecule is O=Cc1ccc(-c2cccc(OC(F)(F)F)c2)nc1. The molecule has 6 heteroatoms. The summed E-state index contributed by atoms with van der Waals surface area (Å²) in [4.78, 5) is 14.5. The Hall–Kier alpha value is -2.37. The Morgan fingerprint density at radius 2 is 1.95 bits per heavy atom. The Morgan fingerprint density at radius 3 is 2.53 bits per heavy atom. The van der Waals surface area contributed by atoms with Gasteiger partial charge in [-0.15, -0.1) is 13.2 Å². The Morgan fingerprint density at radius 1 is 1.16 bits per heavy atom. The van der Waals surface area contributed by atoms with Crippen LogP contribution in [0.5, 0.6) is 5.75 Å². The van der Waals surface area contributed by atoms with Crippen LogP contribution in [-0.4, -0.2) is 17.6 Å². The number of carbonyl (C=O) groups is 1. The summed E-state index contributed by atoms with van der Waals surface area (Å²) < 4.78 is 40.1. The van der Waals surface area contributed by atoms with Gasteiger partial charge in [-0.1, -0.05) is 12.1 Å². The molecule has 0 amide bonds. The Balaban J connectivity index is 2.29. The molecule has 0 aliphatic heterocycles. The number of ether oxygens (including phenoxy) is 1. The molecule has 98 valence electrons. The van der Waals surface area contributed by atoms with Crippen molar-refractivity contribution < 1.29 is 22.7 Å². The summed E-state index contributed by atoms with van der Waals surface area (Å²) >= 11 is 0. The molecule has 1 aromatic heterocycles. The fourth-order valence-electron chi connectivity index (χ4n) is 1.50. The summed E-state index contributed by atoms with van der Waals surface area (Å²) in [6.45, 7) is 0. The van der Waals surface area contributed by atoms with Crippen molar-refractivity contribution >= 4 is 6.29 Å². The predicted octanol–water partition coefficient (Wildman–Crippen LogP) is 3.46. The number of aldehydes is 1. The van der Waals surface area contributed by atoms with Crippen molar-refractivity contribution in [3.05, 3.63) is 48.2 Å². The second-order valence-electron chi connectivity index (χ2n) is 3.67. The van der Waals surface area contributed by atoms with Gasteiger partial charge in [0.15, 0.2) is 6.29 Å². The topological polar surface area (TPSA) is 39.2 Å². The van der Waals surface area contributed by atoms with E-state index in [0.717, 1.165) is 0 Å². The van der Waals surface area contributed by atoms with E-state index >= 15 is 0 Å². The van der Waals surface area contributed by atoms with Crippen LogP contribution in [0, 0.1) is 0 Å². The summed E-state index contributed by atoms with van der Waals surface area (Å²) in [5.41, 5.74) is 1.32. The van der Waals surface area contributed by atoms with Gasteiger partial charge >= 0.3 is 6.36 Å². The molecule has 0 aliphatic carbocycles. The molecule has 0 atom stereocenters. The standard InChI is InChI=1S/C13H8F3NO2/c14-13(15,16)19-11-3-1-2-10(6-11)12-5-4-9(8-18)7-17-12/h1-8H. The molecular weight excluding hydrogens is 259 g/mol. The summed E-state index contributed by atoms with van der Waals surface area (Å²) in [7, 11) is 0. The van der Waals surface area contributed by atoms with Gasteiger partial charge in [-0.3, -0.25) is 9.78 Å². The number of benzene rings is 1. The van der Waals surface area contributed by atoms with E-state index in [1.54, 1.807) is 12.1 Å². The van der Waals surface area contributed by atoms with Gasteiger partial charge in [0.25, 0.3) is 0 Å². The summed E-state index contributed by atoms with van der Waals surface area (Å²) in [6.07, 6.45) is -2.74. The van der Waals surface area contributed by atoms with Crippen LogP contribution >= 0.6 is 0 Å². The van der Waals surface area contributed by atoms with Crippen LogP contribution in [0.3, 0.4) is 0 Å². The maximum Gasteiger partial charge on any atom is 0.573 e. The van der Waals surface area contributed by atoms with E-state index in [0.29, 0.717) is 23.1 Å². The third kappa shape index (κ3) is 3.54. The van der Waals surface area contributed by atoms with Gasteiger partial charge in [-0.2, -0.15) is 0 Å². The number of carbonyl (C=O) groups excluding carboxylic acids is 1. The number of hydrogen-bond acceptors (Lipinski definition) is 3. The highest BCUT2D eigenvalue weighted by molar-refractivity contribution is 5.75. The van der Waals surface area contributed by atoms with Gasteiger partial charge in [-0.25, -0.2) is 0 Å². The van der Waals surface area contributed by atoms with Crippen LogP contribution in [0.15, 0.2) is 42.6 Å². The third-order valence-electron chi connectivity index (χ3n) is 2.29. The van der Waals surface area contributed by atoms with Gasteiger partial charge in [0.05, 0.1) is 5.69 Å². The molecule has 0 unspecified atom stereocenters. The Bertz CT molecular complexity index is 579. The normalized spacial score (nSPS) is 11.1. The zero-order chi connectivity index (χ0) is 13.9. The average Bonchev–Trinajstić information content (AvgIpc) is 2.37. The molecule has 0 bridgehead atoms. The number of aromatic nitrogens is 1. The lowest BCUT2D eigenvalue weighted by atomic mass is 10.1. The first kappa shape index (κ1) is 13.1. The minimum atomic E-state index is -4.73. The van der Waals surface area contributed by atoms with E-state index in [4.69, 9.17) is 0 Å². The smallest absolute Gasteiger partial charge is 0.406 e. The van der Waals surface area contributed by atoms with Crippen molar-refractivity contribution in [2.75, 3.05) is 0 Å².